The third-order valence-corrected chi connectivity index (χ3v) is 3.36. The molecule has 0 aliphatic carbocycles. The van der Waals surface area contributed by atoms with Crippen molar-refractivity contribution in [1.82, 2.24) is 10.6 Å². The molecule has 0 radical (unpaired) electrons. The summed E-state index contributed by atoms with van der Waals surface area (Å²) >= 11 is 0. The average molecular weight is 349 g/mol. The van der Waals surface area contributed by atoms with E-state index in [0.717, 1.165) is 0 Å². The van der Waals surface area contributed by atoms with E-state index < -0.39 is 47.4 Å². The summed E-state index contributed by atoms with van der Waals surface area (Å²) in [6.45, 7) is 2.03. The van der Waals surface area contributed by atoms with Crippen LogP contribution in [0, 0.1) is 5.41 Å². The predicted octanol–water partition coefficient (Wildman–Crippen LogP) is -2.02. The van der Waals surface area contributed by atoms with Crippen LogP contribution in [0.4, 0.5) is 0 Å². The lowest BCUT2D eigenvalue weighted by Gasteiger charge is -2.25. The maximum Gasteiger partial charge on any atom is 0.322 e. The SMILES string of the molecule is CC(C)(CC(NCC(NCC(N)C(=O)O)C(=O)O)C(=O)O)C(=O)O. The second kappa shape index (κ2) is 9.15. The van der Waals surface area contributed by atoms with Crippen LogP contribution in [0.1, 0.15) is 20.3 Å². The molecule has 0 aliphatic rings. The lowest BCUT2D eigenvalue weighted by atomic mass is 9.86. The largest absolute Gasteiger partial charge is 0.481 e. The van der Waals surface area contributed by atoms with Crippen molar-refractivity contribution in [3.8, 4) is 0 Å². The number of rotatable bonds is 12. The second-order valence-corrected chi connectivity index (χ2v) is 5.94. The van der Waals surface area contributed by atoms with Gasteiger partial charge in [0.15, 0.2) is 0 Å². The standard InChI is InChI=1S/C13H23N3O8/c1-13(2,12(23)24)3-7(10(19)20)16-5-8(11(21)22)15-4-6(14)9(17)18/h6-8,15-16H,3-5,14H2,1-2H3,(H,17,18)(H,19,20)(H,21,22)(H,23,24). The van der Waals surface area contributed by atoms with Crippen LogP contribution in [0.25, 0.3) is 0 Å². The quantitative estimate of drug-likeness (QED) is 0.205. The van der Waals surface area contributed by atoms with Crippen LogP contribution >= 0.6 is 0 Å². The average Bonchev–Trinajstić information content (AvgIpc) is 2.44. The first-order valence-electron chi connectivity index (χ1n) is 7.02. The molecule has 3 unspecified atom stereocenters. The Morgan fingerprint density at radius 3 is 1.71 bits per heavy atom. The number of aliphatic carboxylic acids is 4. The molecule has 0 saturated carbocycles. The van der Waals surface area contributed by atoms with Gasteiger partial charge in [-0.05, 0) is 20.3 Å². The van der Waals surface area contributed by atoms with Gasteiger partial charge in [0.25, 0.3) is 0 Å². The van der Waals surface area contributed by atoms with Crippen LogP contribution in [0.2, 0.25) is 0 Å². The molecule has 0 aromatic heterocycles. The fourth-order valence-corrected chi connectivity index (χ4v) is 1.71. The first kappa shape index (κ1) is 21.8. The molecule has 3 atom stereocenters. The lowest BCUT2D eigenvalue weighted by Crippen LogP contribution is -2.53. The smallest absolute Gasteiger partial charge is 0.322 e. The van der Waals surface area contributed by atoms with Crippen LogP contribution in [0.5, 0.6) is 0 Å². The van der Waals surface area contributed by atoms with Crippen LogP contribution in [0.3, 0.4) is 0 Å². The van der Waals surface area contributed by atoms with Crippen molar-refractivity contribution in [2.75, 3.05) is 13.1 Å². The van der Waals surface area contributed by atoms with E-state index in [2.05, 4.69) is 10.6 Å². The maximum atomic E-state index is 11.2. The van der Waals surface area contributed by atoms with Gasteiger partial charge in [0.1, 0.15) is 18.1 Å². The van der Waals surface area contributed by atoms with Crippen LogP contribution in [-0.4, -0.2) is 75.5 Å². The van der Waals surface area contributed by atoms with Crippen molar-refractivity contribution in [2.24, 2.45) is 11.1 Å². The van der Waals surface area contributed by atoms with E-state index in [1.807, 2.05) is 0 Å². The summed E-state index contributed by atoms with van der Waals surface area (Å²) < 4.78 is 0. The number of carbonyl (C=O) groups is 4. The molecule has 0 aromatic carbocycles. The summed E-state index contributed by atoms with van der Waals surface area (Å²) in [5.74, 6) is -5.15. The molecule has 0 saturated heterocycles. The monoisotopic (exact) mass is 349 g/mol. The molecule has 0 heterocycles. The third-order valence-electron chi connectivity index (χ3n) is 3.36. The Bertz CT molecular complexity index is 494. The van der Waals surface area contributed by atoms with Gasteiger partial charge in [-0.1, -0.05) is 0 Å². The molecule has 8 N–H and O–H groups in total. The van der Waals surface area contributed by atoms with E-state index >= 15 is 0 Å². The van der Waals surface area contributed by atoms with Crippen molar-refractivity contribution < 1.29 is 39.6 Å². The van der Waals surface area contributed by atoms with Crippen LogP contribution in [-0.2, 0) is 19.2 Å². The van der Waals surface area contributed by atoms with Gasteiger partial charge in [0.2, 0.25) is 0 Å². The molecule has 0 fully saturated rings. The van der Waals surface area contributed by atoms with Crippen molar-refractivity contribution in [1.29, 1.82) is 0 Å². The summed E-state index contributed by atoms with van der Waals surface area (Å²) in [5.41, 5.74) is 3.93. The fraction of sp³-hybridized carbons (Fsp3) is 0.692. The number of carboxylic acid groups (broad SMARTS) is 4. The molecule has 138 valence electrons. The van der Waals surface area contributed by atoms with Crippen LogP contribution < -0.4 is 16.4 Å². The second-order valence-electron chi connectivity index (χ2n) is 5.94. The fourth-order valence-electron chi connectivity index (χ4n) is 1.71. The van der Waals surface area contributed by atoms with Crippen molar-refractivity contribution in [2.45, 2.75) is 38.4 Å². The highest BCUT2D eigenvalue weighted by atomic mass is 16.4. The van der Waals surface area contributed by atoms with E-state index in [-0.39, 0.29) is 19.5 Å². The van der Waals surface area contributed by atoms with Crippen LogP contribution in [0.15, 0.2) is 0 Å². The third kappa shape index (κ3) is 7.35. The van der Waals surface area contributed by atoms with Crippen molar-refractivity contribution >= 4 is 23.9 Å². The van der Waals surface area contributed by atoms with Gasteiger partial charge in [0, 0.05) is 13.1 Å². The van der Waals surface area contributed by atoms with Gasteiger partial charge >= 0.3 is 23.9 Å². The summed E-state index contributed by atoms with van der Waals surface area (Å²) in [4.78, 5) is 44.0. The molecule has 0 aliphatic heterocycles. The first-order valence-corrected chi connectivity index (χ1v) is 7.02. The summed E-state index contributed by atoms with van der Waals surface area (Å²) in [5, 5.41) is 40.8. The minimum Gasteiger partial charge on any atom is -0.481 e. The number of carboxylic acids is 4. The highest BCUT2D eigenvalue weighted by Gasteiger charge is 2.34. The zero-order valence-corrected chi connectivity index (χ0v) is 13.4. The molecule has 24 heavy (non-hydrogen) atoms. The molecular weight excluding hydrogens is 326 g/mol. The molecule has 0 amide bonds. The number of hydrogen-bond donors (Lipinski definition) is 7. The molecular formula is C13H23N3O8. The molecule has 11 heteroatoms. The Labute approximate surface area is 137 Å². The van der Waals surface area contributed by atoms with E-state index in [4.69, 9.17) is 26.2 Å². The highest BCUT2D eigenvalue weighted by molar-refractivity contribution is 5.78. The number of hydrogen-bond acceptors (Lipinski definition) is 7. The van der Waals surface area contributed by atoms with Crippen molar-refractivity contribution in [3.05, 3.63) is 0 Å². The molecule has 0 bridgehead atoms. The van der Waals surface area contributed by atoms with Gasteiger partial charge in [-0.25, -0.2) is 0 Å². The highest BCUT2D eigenvalue weighted by Crippen LogP contribution is 2.22. The van der Waals surface area contributed by atoms with E-state index in [0.29, 0.717) is 0 Å². The normalized spacial score (nSPS) is 15.3. The summed E-state index contributed by atoms with van der Waals surface area (Å²) in [6.07, 6.45) is -0.265. The van der Waals surface area contributed by atoms with Gasteiger partial charge < -0.3 is 36.8 Å². The Morgan fingerprint density at radius 1 is 0.875 bits per heavy atom. The number of nitrogens with one attached hydrogen (secondary N) is 2. The Morgan fingerprint density at radius 2 is 1.33 bits per heavy atom. The Hall–Kier alpha value is -2.24. The van der Waals surface area contributed by atoms with Gasteiger partial charge in [-0.2, -0.15) is 0 Å². The molecule has 0 spiro atoms. The molecule has 11 nitrogen and oxygen atoms in total. The predicted molar refractivity (Wildman–Crippen MR) is 80.5 cm³/mol. The zero-order chi connectivity index (χ0) is 19.1. The van der Waals surface area contributed by atoms with Gasteiger partial charge in [0.05, 0.1) is 5.41 Å². The van der Waals surface area contributed by atoms with E-state index in [1.54, 1.807) is 0 Å². The van der Waals surface area contributed by atoms with Crippen molar-refractivity contribution in [3.63, 3.8) is 0 Å². The Kier molecular flexibility index (Phi) is 8.30. The Balaban J connectivity index is 4.78. The molecule has 0 rings (SSSR count). The van der Waals surface area contributed by atoms with Gasteiger partial charge in [-0.3, -0.25) is 19.2 Å². The van der Waals surface area contributed by atoms with Gasteiger partial charge in [-0.15, -0.1) is 0 Å². The number of nitrogens with two attached hydrogens (primary N) is 1. The molecule has 0 aromatic rings. The van der Waals surface area contributed by atoms with E-state index in [1.165, 1.54) is 13.8 Å². The topological polar surface area (TPSA) is 199 Å². The zero-order valence-electron chi connectivity index (χ0n) is 13.4. The maximum absolute atomic E-state index is 11.2. The minimum absolute atomic E-state index is 0.265. The minimum atomic E-state index is -1.33. The lowest BCUT2D eigenvalue weighted by molar-refractivity contribution is -0.149. The summed E-state index contributed by atoms with van der Waals surface area (Å²) in [7, 11) is 0. The summed E-state index contributed by atoms with van der Waals surface area (Å²) in [6, 6.07) is -3.88. The first-order chi connectivity index (χ1) is 10.9. The van der Waals surface area contributed by atoms with E-state index in [9.17, 15) is 19.2 Å².